The number of Topliss-reactive ketones (excluding diaryl/α,β-unsaturated/α-hetero) is 1. The number of ketones is 1. The molecule has 3 heterocycles. The molecule has 1 amide bonds. The maximum Gasteiger partial charge on any atom is 0.275 e. The van der Waals surface area contributed by atoms with E-state index in [0.29, 0.717) is 29.9 Å². The number of rotatable bonds is 2. The summed E-state index contributed by atoms with van der Waals surface area (Å²) >= 11 is 0. The number of hydrogen-bond acceptors (Lipinski definition) is 4. The Balaban J connectivity index is 2.07. The zero-order valence-corrected chi connectivity index (χ0v) is 14.7. The number of aromatic nitrogens is 2. The van der Waals surface area contributed by atoms with Crippen LogP contribution >= 0.6 is 0 Å². The number of nitrogens with zero attached hydrogens (tertiary/aromatic N) is 3. The topological polar surface area (TPSA) is 69.3 Å². The van der Waals surface area contributed by atoms with Crippen LogP contribution in [0.5, 0.6) is 0 Å². The van der Waals surface area contributed by atoms with Gasteiger partial charge in [0.2, 0.25) is 0 Å². The average Bonchev–Trinajstić information content (AvgIpc) is 2.81. The second kappa shape index (κ2) is 5.78. The number of H-pyrrole nitrogens is 1. The Kier molecular flexibility index (Phi) is 3.91. The van der Waals surface area contributed by atoms with E-state index in [4.69, 9.17) is 0 Å². The molecule has 1 aliphatic rings. The van der Waals surface area contributed by atoms with Crippen LogP contribution in [0.2, 0.25) is 0 Å². The van der Waals surface area contributed by atoms with Gasteiger partial charge < -0.3 is 14.8 Å². The van der Waals surface area contributed by atoms with E-state index in [1.807, 2.05) is 38.8 Å². The number of carbonyl (C=O) groups excluding carboxylic acids is 2. The molecule has 1 aliphatic heterocycles. The molecule has 3 rings (SSSR count). The number of anilines is 2. The minimum Gasteiger partial charge on any atom is -0.356 e. The third-order valence-corrected chi connectivity index (χ3v) is 4.54. The van der Waals surface area contributed by atoms with E-state index < -0.39 is 0 Å². The van der Waals surface area contributed by atoms with E-state index >= 15 is 0 Å². The van der Waals surface area contributed by atoms with Crippen molar-refractivity contribution in [3.63, 3.8) is 0 Å². The van der Waals surface area contributed by atoms with Gasteiger partial charge in [0.15, 0.2) is 11.6 Å². The Morgan fingerprint density at radius 2 is 1.92 bits per heavy atom. The largest absolute Gasteiger partial charge is 0.356 e. The van der Waals surface area contributed by atoms with Crippen molar-refractivity contribution in [2.45, 2.75) is 27.7 Å². The number of aryl methyl sites for hydroxylation is 2. The third-order valence-electron chi connectivity index (χ3n) is 4.54. The normalized spacial score (nSPS) is 13.9. The van der Waals surface area contributed by atoms with Gasteiger partial charge in [-0.2, -0.15) is 0 Å². The van der Waals surface area contributed by atoms with Crippen molar-refractivity contribution in [3.8, 4) is 0 Å². The quantitative estimate of drug-likeness (QED) is 0.861. The predicted molar refractivity (Wildman–Crippen MR) is 94.2 cm³/mol. The van der Waals surface area contributed by atoms with Crippen LogP contribution in [0.4, 0.5) is 11.5 Å². The summed E-state index contributed by atoms with van der Waals surface area (Å²) in [4.78, 5) is 36.3. The minimum absolute atomic E-state index is 0.0309. The van der Waals surface area contributed by atoms with Crippen molar-refractivity contribution >= 4 is 23.2 Å². The standard InChI is InChI=1S/C18H22N4O2/c1-10-8-14-17(19-9-10)21(5)6-7-22(14)18(24)16-11(2)15(13(4)23)12(3)20-16/h8-9,20H,6-7H2,1-5H3. The fraction of sp³-hybridized carbons (Fsp3) is 0.389. The Morgan fingerprint density at radius 1 is 1.21 bits per heavy atom. The third kappa shape index (κ3) is 2.48. The molecule has 0 fully saturated rings. The second-order valence-corrected chi connectivity index (χ2v) is 6.41. The summed E-state index contributed by atoms with van der Waals surface area (Å²) in [7, 11) is 1.97. The first-order valence-electron chi connectivity index (χ1n) is 8.01. The summed E-state index contributed by atoms with van der Waals surface area (Å²) < 4.78 is 0. The van der Waals surface area contributed by atoms with Crippen LogP contribution in [0.15, 0.2) is 12.3 Å². The van der Waals surface area contributed by atoms with Crippen LogP contribution in [0, 0.1) is 20.8 Å². The molecular formula is C18H22N4O2. The van der Waals surface area contributed by atoms with E-state index in [-0.39, 0.29) is 11.7 Å². The van der Waals surface area contributed by atoms with E-state index in [0.717, 1.165) is 22.8 Å². The lowest BCUT2D eigenvalue weighted by Gasteiger charge is -2.34. The van der Waals surface area contributed by atoms with Gasteiger partial charge in [-0.3, -0.25) is 9.59 Å². The number of pyridine rings is 1. The van der Waals surface area contributed by atoms with Crippen molar-refractivity contribution in [2.24, 2.45) is 0 Å². The number of nitrogens with one attached hydrogen (secondary N) is 1. The molecule has 0 unspecified atom stereocenters. The minimum atomic E-state index is -0.121. The Hall–Kier alpha value is -2.63. The molecule has 2 aromatic rings. The highest BCUT2D eigenvalue weighted by Crippen LogP contribution is 2.32. The van der Waals surface area contributed by atoms with Gasteiger partial charge >= 0.3 is 0 Å². The SMILES string of the molecule is CC(=O)c1c(C)[nH]c(C(=O)N2CCN(C)c3ncc(C)cc32)c1C. The number of amides is 1. The highest BCUT2D eigenvalue weighted by Gasteiger charge is 2.30. The Morgan fingerprint density at radius 3 is 2.54 bits per heavy atom. The van der Waals surface area contributed by atoms with E-state index in [9.17, 15) is 9.59 Å². The van der Waals surface area contributed by atoms with Gasteiger partial charge in [-0.1, -0.05) is 0 Å². The zero-order chi connectivity index (χ0) is 17.6. The van der Waals surface area contributed by atoms with Gasteiger partial charge in [0.1, 0.15) is 5.69 Å². The molecule has 24 heavy (non-hydrogen) atoms. The maximum absolute atomic E-state index is 13.1. The highest BCUT2D eigenvalue weighted by molar-refractivity contribution is 6.10. The summed E-state index contributed by atoms with van der Waals surface area (Å²) in [5.74, 6) is 0.648. The smallest absolute Gasteiger partial charge is 0.275 e. The lowest BCUT2D eigenvalue weighted by molar-refractivity contribution is 0.0981. The molecule has 1 N–H and O–H groups in total. The molecule has 6 nitrogen and oxygen atoms in total. The monoisotopic (exact) mass is 326 g/mol. The van der Waals surface area contributed by atoms with Crippen LogP contribution in [0.25, 0.3) is 0 Å². The first-order chi connectivity index (χ1) is 11.3. The summed E-state index contributed by atoms with van der Waals surface area (Å²) in [6.45, 7) is 8.43. The van der Waals surface area contributed by atoms with Crippen molar-refractivity contribution in [1.82, 2.24) is 9.97 Å². The molecule has 0 saturated heterocycles. The van der Waals surface area contributed by atoms with E-state index in [1.165, 1.54) is 6.92 Å². The lowest BCUT2D eigenvalue weighted by atomic mass is 10.1. The van der Waals surface area contributed by atoms with Crippen LogP contribution in [0.1, 0.15) is 44.6 Å². The lowest BCUT2D eigenvalue weighted by Crippen LogP contribution is -2.43. The van der Waals surface area contributed by atoms with Crippen molar-refractivity contribution in [2.75, 3.05) is 29.9 Å². The van der Waals surface area contributed by atoms with Gasteiger partial charge in [0.25, 0.3) is 5.91 Å². The van der Waals surface area contributed by atoms with Crippen molar-refractivity contribution in [1.29, 1.82) is 0 Å². The van der Waals surface area contributed by atoms with E-state index in [1.54, 1.807) is 11.1 Å². The Bertz CT molecular complexity index is 838. The van der Waals surface area contributed by atoms with Crippen molar-refractivity contribution in [3.05, 3.63) is 40.3 Å². The van der Waals surface area contributed by atoms with E-state index in [2.05, 4.69) is 9.97 Å². The van der Waals surface area contributed by atoms with Gasteiger partial charge in [-0.05, 0) is 44.9 Å². The summed E-state index contributed by atoms with van der Waals surface area (Å²) in [6, 6.07) is 1.98. The molecule has 6 heteroatoms. The number of hydrogen-bond donors (Lipinski definition) is 1. The van der Waals surface area contributed by atoms with Gasteiger partial charge in [-0.25, -0.2) is 4.98 Å². The summed E-state index contributed by atoms with van der Waals surface area (Å²) in [6.07, 6.45) is 1.81. The zero-order valence-electron chi connectivity index (χ0n) is 14.7. The van der Waals surface area contributed by atoms with Crippen LogP contribution in [-0.4, -0.2) is 41.8 Å². The van der Waals surface area contributed by atoms with Gasteiger partial charge in [-0.15, -0.1) is 0 Å². The number of fused-ring (bicyclic) bond motifs is 1. The van der Waals surface area contributed by atoms with Crippen molar-refractivity contribution < 1.29 is 9.59 Å². The molecule has 0 spiro atoms. The summed E-state index contributed by atoms with van der Waals surface area (Å²) in [5.41, 5.74) is 4.35. The van der Waals surface area contributed by atoms with Crippen LogP contribution in [0.3, 0.4) is 0 Å². The fourth-order valence-electron chi connectivity index (χ4n) is 3.35. The molecule has 2 aromatic heterocycles. The number of likely N-dealkylation sites (N-methyl/N-ethyl adjacent to an activating group) is 1. The molecular weight excluding hydrogens is 304 g/mol. The first-order valence-corrected chi connectivity index (χ1v) is 8.01. The molecule has 126 valence electrons. The number of carbonyl (C=O) groups is 2. The van der Waals surface area contributed by atoms with Gasteiger partial charge in [0, 0.05) is 37.6 Å². The molecule has 0 atom stereocenters. The molecule has 0 bridgehead atoms. The molecule has 0 aromatic carbocycles. The molecule has 0 saturated carbocycles. The summed E-state index contributed by atoms with van der Waals surface area (Å²) in [5, 5.41) is 0. The van der Waals surface area contributed by atoms with Gasteiger partial charge in [0.05, 0.1) is 5.69 Å². The first kappa shape index (κ1) is 16.2. The predicted octanol–water partition coefficient (Wildman–Crippen LogP) is 2.63. The highest BCUT2D eigenvalue weighted by atomic mass is 16.2. The number of aromatic amines is 1. The van der Waals surface area contributed by atoms with Crippen LogP contribution < -0.4 is 9.80 Å². The molecule has 0 radical (unpaired) electrons. The Labute approximate surface area is 141 Å². The maximum atomic E-state index is 13.1. The average molecular weight is 326 g/mol. The molecule has 0 aliphatic carbocycles. The second-order valence-electron chi connectivity index (χ2n) is 6.41. The fourth-order valence-corrected chi connectivity index (χ4v) is 3.35. The van der Waals surface area contributed by atoms with Crippen LogP contribution in [-0.2, 0) is 0 Å².